The summed E-state index contributed by atoms with van der Waals surface area (Å²) in [4.78, 5) is 17.3. The molecule has 0 saturated carbocycles. The number of nitrogens with zero attached hydrogens (tertiary/aromatic N) is 3. The Morgan fingerprint density at radius 1 is 0.921 bits per heavy atom. The lowest BCUT2D eigenvalue weighted by Crippen LogP contribution is -2.48. The number of carbonyl (C=O) groups is 1. The molecule has 38 heavy (non-hydrogen) atoms. The molecule has 5 rings (SSSR count). The zero-order valence-corrected chi connectivity index (χ0v) is 23.1. The fraction of sp³-hybridized carbons (Fsp3) is 0.296. The predicted molar refractivity (Wildman–Crippen MR) is 148 cm³/mol. The number of hydrogen-bond donors (Lipinski definition) is 0. The molecule has 1 saturated heterocycles. The molecule has 11 heteroatoms. The molecule has 0 aliphatic carbocycles. The molecule has 200 valence electrons. The van der Waals surface area contributed by atoms with Gasteiger partial charge >= 0.3 is 0 Å². The smallest absolute Gasteiger partial charge is 0.253 e. The molecule has 0 radical (unpaired) electrons. The summed E-state index contributed by atoms with van der Waals surface area (Å²) < 4.78 is 37.1. The quantitative estimate of drug-likeness (QED) is 0.408. The van der Waals surface area contributed by atoms with Gasteiger partial charge in [-0.05, 0) is 47.5 Å². The van der Waals surface area contributed by atoms with E-state index in [0.29, 0.717) is 24.3 Å². The van der Waals surface area contributed by atoms with Crippen LogP contribution in [0.25, 0.3) is 0 Å². The number of fused-ring (bicyclic) bond motifs is 1. The van der Waals surface area contributed by atoms with E-state index in [0.717, 1.165) is 48.5 Å². The van der Waals surface area contributed by atoms with Crippen molar-refractivity contribution in [2.24, 2.45) is 0 Å². The molecule has 0 spiro atoms. The molecular weight excluding hydrogens is 549 g/mol. The second-order valence-electron chi connectivity index (χ2n) is 9.30. The fourth-order valence-electron chi connectivity index (χ4n) is 4.57. The van der Waals surface area contributed by atoms with Gasteiger partial charge in [0, 0.05) is 38.3 Å². The molecule has 2 aliphatic rings. The molecule has 3 aromatic carbocycles. The van der Waals surface area contributed by atoms with Gasteiger partial charge in [-0.1, -0.05) is 47.5 Å². The molecule has 0 atom stereocenters. The van der Waals surface area contributed by atoms with Crippen molar-refractivity contribution in [3.05, 3.63) is 87.4 Å². The van der Waals surface area contributed by atoms with Gasteiger partial charge in [0.15, 0.2) is 11.5 Å². The normalized spacial score (nSPS) is 15.5. The van der Waals surface area contributed by atoms with E-state index in [1.165, 1.54) is 4.31 Å². The maximum absolute atomic E-state index is 13.1. The van der Waals surface area contributed by atoms with Crippen molar-refractivity contribution >= 4 is 44.8 Å². The van der Waals surface area contributed by atoms with Crippen molar-refractivity contribution in [2.45, 2.75) is 13.1 Å². The van der Waals surface area contributed by atoms with Gasteiger partial charge in [0.25, 0.3) is 5.91 Å². The molecule has 1 amide bonds. The molecule has 0 bridgehead atoms. The molecule has 2 heterocycles. The summed E-state index contributed by atoms with van der Waals surface area (Å²) >= 11 is 12.4. The minimum atomic E-state index is -3.63. The maximum Gasteiger partial charge on any atom is 0.253 e. The highest BCUT2D eigenvalue weighted by Gasteiger charge is 2.24. The van der Waals surface area contributed by atoms with Gasteiger partial charge in [0.05, 0.1) is 28.5 Å². The van der Waals surface area contributed by atoms with Gasteiger partial charge in [0.1, 0.15) is 0 Å². The first kappa shape index (κ1) is 26.6. The Hall–Kier alpha value is -2.98. The lowest BCUT2D eigenvalue weighted by molar-refractivity contribution is 0.0628. The van der Waals surface area contributed by atoms with E-state index in [9.17, 15) is 13.2 Å². The van der Waals surface area contributed by atoms with Gasteiger partial charge in [-0.3, -0.25) is 14.0 Å². The van der Waals surface area contributed by atoms with Crippen LogP contribution < -0.4 is 13.8 Å². The first-order valence-electron chi connectivity index (χ1n) is 12.1. The Morgan fingerprint density at radius 2 is 1.61 bits per heavy atom. The van der Waals surface area contributed by atoms with Crippen molar-refractivity contribution in [3.63, 3.8) is 0 Å². The van der Waals surface area contributed by atoms with E-state index >= 15 is 0 Å². The molecular formula is C27H27Cl2N3O5S. The Kier molecular flexibility index (Phi) is 7.72. The summed E-state index contributed by atoms with van der Waals surface area (Å²) in [7, 11) is -3.63. The zero-order chi connectivity index (χ0) is 26.9. The Morgan fingerprint density at radius 3 is 2.32 bits per heavy atom. The van der Waals surface area contributed by atoms with E-state index in [-0.39, 0.29) is 29.3 Å². The lowest BCUT2D eigenvalue weighted by Gasteiger charge is -2.34. The van der Waals surface area contributed by atoms with Crippen molar-refractivity contribution in [3.8, 4) is 11.5 Å². The zero-order valence-electron chi connectivity index (χ0n) is 20.8. The molecule has 2 aliphatic heterocycles. The SMILES string of the molecule is CS(=O)(=O)N(Cc1ccc(C(=O)N2CCN(Cc3ccc4c(c3)OCO4)CC2)cc1)c1cccc(Cl)c1Cl. The van der Waals surface area contributed by atoms with Crippen LogP contribution in [0.1, 0.15) is 21.5 Å². The Bertz CT molecular complexity index is 1440. The average molecular weight is 577 g/mol. The van der Waals surface area contributed by atoms with Crippen LogP contribution in [0.4, 0.5) is 5.69 Å². The minimum Gasteiger partial charge on any atom is -0.454 e. The van der Waals surface area contributed by atoms with Crippen LogP contribution in [0.15, 0.2) is 60.7 Å². The van der Waals surface area contributed by atoms with Crippen LogP contribution in [0.3, 0.4) is 0 Å². The van der Waals surface area contributed by atoms with E-state index in [2.05, 4.69) is 4.90 Å². The summed E-state index contributed by atoms with van der Waals surface area (Å²) in [5, 5.41) is 0.443. The molecule has 0 unspecified atom stereocenters. The van der Waals surface area contributed by atoms with Gasteiger partial charge in [0.2, 0.25) is 16.8 Å². The summed E-state index contributed by atoms with van der Waals surface area (Å²) in [6, 6.07) is 17.8. The van der Waals surface area contributed by atoms with Crippen LogP contribution in [0, 0.1) is 0 Å². The number of hydrogen-bond acceptors (Lipinski definition) is 6. The third-order valence-electron chi connectivity index (χ3n) is 6.63. The fourth-order valence-corrected chi connectivity index (χ4v) is 5.91. The third-order valence-corrected chi connectivity index (χ3v) is 8.57. The van der Waals surface area contributed by atoms with Crippen molar-refractivity contribution in [1.82, 2.24) is 9.80 Å². The maximum atomic E-state index is 13.1. The monoisotopic (exact) mass is 575 g/mol. The van der Waals surface area contributed by atoms with Crippen LogP contribution in [0.5, 0.6) is 11.5 Å². The number of carbonyl (C=O) groups excluding carboxylic acids is 1. The second-order valence-corrected chi connectivity index (χ2v) is 12.0. The summed E-state index contributed by atoms with van der Waals surface area (Å²) in [5.41, 5.74) is 2.73. The standard InChI is InChI=1S/C27H27Cl2N3O5S/c1-38(34,35)32(23-4-2-3-22(28)26(23)29)17-19-5-8-21(9-6-19)27(33)31-13-11-30(12-14-31)16-20-7-10-24-25(15-20)37-18-36-24/h2-10,15H,11-14,16-18H2,1H3. The third kappa shape index (κ3) is 5.86. The van der Waals surface area contributed by atoms with E-state index in [1.807, 2.05) is 23.1 Å². The molecule has 1 fully saturated rings. The van der Waals surface area contributed by atoms with Crippen molar-refractivity contribution in [1.29, 1.82) is 0 Å². The summed E-state index contributed by atoms with van der Waals surface area (Å²) in [6.45, 7) is 3.88. The van der Waals surface area contributed by atoms with Gasteiger partial charge < -0.3 is 14.4 Å². The van der Waals surface area contributed by atoms with Crippen molar-refractivity contribution in [2.75, 3.05) is 43.5 Å². The summed E-state index contributed by atoms with van der Waals surface area (Å²) in [6.07, 6.45) is 1.12. The van der Waals surface area contributed by atoms with E-state index < -0.39 is 10.0 Å². The molecule has 0 aromatic heterocycles. The van der Waals surface area contributed by atoms with E-state index in [1.54, 1.807) is 42.5 Å². The Labute approximate surface area is 232 Å². The highest BCUT2D eigenvalue weighted by atomic mass is 35.5. The lowest BCUT2D eigenvalue weighted by atomic mass is 10.1. The van der Waals surface area contributed by atoms with Gasteiger partial charge in [-0.15, -0.1) is 0 Å². The summed E-state index contributed by atoms with van der Waals surface area (Å²) in [5.74, 6) is 1.50. The predicted octanol–water partition coefficient (Wildman–Crippen LogP) is 4.65. The Balaban J connectivity index is 1.20. The van der Waals surface area contributed by atoms with Crippen LogP contribution in [-0.2, 0) is 23.1 Å². The van der Waals surface area contributed by atoms with Crippen LogP contribution in [0.2, 0.25) is 10.0 Å². The first-order chi connectivity index (χ1) is 18.2. The molecule has 3 aromatic rings. The van der Waals surface area contributed by atoms with Crippen molar-refractivity contribution < 1.29 is 22.7 Å². The van der Waals surface area contributed by atoms with Gasteiger partial charge in [-0.25, -0.2) is 8.42 Å². The van der Waals surface area contributed by atoms with Crippen LogP contribution in [-0.4, -0.2) is 63.4 Å². The number of piperazine rings is 1. The number of anilines is 1. The largest absolute Gasteiger partial charge is 0.454 e. The number of ether oxygens (including phenoxy) is 2. The number of halogens is 2. The number of benzene rings is 3. The molecule has 8 nitrogen and oxygen atoms in total. The first-order valence-corrected chi connectivity index (χ1v) is 14.7. The van der Waals surface area contributed by atoms with Crippen LogP contribution >= 0.6 is 23.2 Å². The number of rotatable bonds is 7. The number of amides is 1. The molecule has 0 N–H and O–H groups in total. The average Bonchev–Trinajstić information content (AvgIpc) is 3.37. The minimum absolute atomic E-state index is 0.0443. The van der Waals surface area contributed by atoms with E-state index in [4.69, 9.17) is 32.7 Å². The highest BCUT2D eigenvalue weighted by Crippen LogP contribution is 2.35. The number of sulfonamides is 1. The highest BCUT2D eigenvalue weighted by molar-refractivity contribution is 7.92. The van der Waals surface area contributed by atoms with Gasteiger partial charge in [-0.2, -0.15) is 0 Å². The second kappa shape index (κ2) is 11.0. The topological polar surface area (TPSA) is 79.4 Å².